The van der Waals surface area contributed by atoms with Gasteiger partial charge in [0.2, 0.25) is 0 Å². The number of benzene rings is 2. The fourth-order valence-electron chi connectivity index (χ4n) is 4.05. The van der Waals surface area contributed by atoms with Gasteiger partial charge in [0.05, 0.1) is 18.6 Å². The topological polar surface area (TPSA) is 81.4 Å². The highest BCUT2D eigenvalue weighted by Crippen LogP contribution is 2.35. The molecule has 4 rings (SSSR count). The van der Waals surface area contributed by atoms with E-state index in [1.807, 2.05) is 48.5 Å². The number of ether oxygens (including phenoxy) is 1. The van der Waals surface area contributed by atoms with Gasteiger partial charge in [0.25, 0.3) is 5.91 Å². The molecule has 0 unspecified atom stereocenters. The van der Waals surface area contributed by atoms with Crippen LogP contribution in [0.15, 0.2) is 58.8 Å². The first-order chi connectivity index (χ1) is 17.1. The predicted octanol–water partition coefficient (Wildman–Crippen LogP) is 6.13. The molecule has 0 saturated heterocycles. The molecule has 1 fully saturated rings. The largest absolute Gasteiger partial charge is 0.494 e. The molecule has 2 aromatic carbocycles. The number of halogens is 1. The highest BCUT2D eigenvalue weighted by Gasteiger charge is 2.24. The number of hydrogen-bond donors (Lipinski definition) is 1. The van der Waals surface area contributed by atoms with Gasteiger partial charge in [-0.25, -0.2) is 5.43 Å². The molecule has 1 saturated carbocycles. The van der Waals surface area contributed by atoms with Crippen molar-refractivity contribution >= 4 is 35.5 Å². The number of carbonyl (C=O) groups is 1. The molecule has 1 N–H and O–H groups in total. The van der Waals surface area contributed by atoms with Crippen LogP contribution in [0.5, 0.6) is 5.75 Å². The van der Waals surface area contributed by atoms with Gasteiger partial charge >= 0.3 is 0 Å². The highest BCUT2D eigenvalue weighted by atomic mass is 35.5. The fraction of sp³-hybridized carbons (Fsp3) is 0.385. The summed E-state index contributed by atoms with van der Waals surface area (Å²) in [5.74, 6) is 1.65. The molecule has 184 valence electrons. The summed E-state index contributed by atoms with van der Waals surface area (Å²) in [5.41, 5.74) is 4.45. The minimum absolute atomic E-state index is 0.194. The second kappa shape index (κ2) is 12.7. The van der Waals surface area contributed by atoms with Gasteiger partial charge in [0.15, 0.2) is 11.0 Å². The average molecular weight is 512 g/mol. The zero-order valence-corrected chi connectivity index (χ0v) is 21.4. The van der Waals surface area contributed by atoms with Crippen LogP contribution in [-0.4, -0.2) is 39.2 Å². The van der Waals surface area contributed by atoms with Gasteiger partial charge in [0, 0.05) is 16.6 Å². The Labute approximate surface area is 215 Å². The molecular formula is C26H30ClN5O2S. The molecule has 1 heterocycles. The van der Waals surface area contributed by atoms with Crippen LogP contribution in [0.3, 0.4) is 0 Å². The first kappa shape index (κ1) is 25.3. The Morgan fingerprint density at radius 3 is 2.60 bits per heavy atom. The Kier molecular flexibility index (Phi) is 9.20. The lowest BCUT2D eigenvalue weighted by Gasteiger charge is -2.25. The van der Waals surface area contributed by atoms with Crippen LogP contribution in [0.25, 0.3) is 11.4 Å². The second-order valence-electron chi connectivity index (χ2n) is 8.47. The Morgan fingerprint density at radius 1 is 1.14 bits per heavy atom. The molecule has 0 atom stereocenters. The van der Waals surface area contributed by atoms with E-state index in [1.165, 1.54) is 31.0 Å². The Bertz CT molecular complexity index is 1130. The number of hydrogen-bond acceptors (Lipinski definition) is 6. The van der Waals surface area contributed by atoms with Gasteiger partial charge in [-0.15, -0.1) is 10.2 Å². The second-order valence-corrected chi connectivity index (χ2v) is 9.85. The van der Waals surface area contributed by atoms with Crippen molar-refractivity contribution in [3.05, 3.63) is 59.1 Å². The summed E-state index contributed by atoms with van der Waals surface area (Å²) < 4.78 is 7.78. The zero-order valence-electron chi connectivity index (χ0n) is 19.8. The molecule has 0 bridgehead atoms. The standard InChI is InChI=1S/C26H30ClN5O2S/c1-2-16-34-23-14-8-19(9-15-23)17-28-29-24(33)18-35-26-31-30-25(20-10-12-21(27)13-11-20)32(26)22-6-4-3-5-7-22/h8-15,17,22H,2-7,16,18H2,1H3,(H,29,33)/b28-17-. The van der Waals surface area contributed by atoms with Crippen molar-refractivity contribution < 1.29 is 9.53 Å². The van der Waals surface area contributed by atoms with Crippen LogP contribution in [0, 0.1) is 0 Å². The van der Waals surface area contributed by atoms with E-state index < -0.39 is 0 Å². The molecule has 1 aliphatic carbocycles. The highest BCUT2D eigenvalue weighted by molar-refractivity contribution is 7.99. The van der Waals surface area contributed by atoms with Crippen molar-refractivity contribution in [3.8, 4) is 17.1 Å². The minimum Gasteiger partial charge on any atom is -0.494 e. The van der Waals surface area contributed by atoms with Gasteiger partial charge < -0.3 is 4.74 Å². The molecule has 7 nitrogen and oxygen atoms in total. The van der Waals surface area contributed by atoms with Crippen molar-refractivity contribution in [2.75, 3.05) is 12.4 Å². The number of rotatable bonds is 10. The van der Waals surface area contributed by atoms with Crippen LogP contribution < -0.4 is 10.2 Å². The van der Waals surface area contributed by atoms with E-state index in [1.54, 1.807) is 6.21 Å². The number of aromatic nitrogens is 3. The number of carbonyl (C=O) groups excluding carboxylic acids is 1. The Hall–Kier alpha value is -2.84. The lowest BCUT2D eigenvalue weighted by atomic mass is 9.95. The minimum atomic E-state index is -0.194. The maximum absolute atomic E-state index is 12.4. The number of nitrogens with one attached hydrogen (secondary N) is 1. The average Bonchev–Trinajstić information content (AvgIpc) is 3.32. The van der Waals surface area contributed by atoms with Gasteiger partial charge in [0.1, 0.15) is 5.75 Å². The van der Waals surface area contributed by atoms with E-state index in [0.717, 1.165) is 47.1 Å². The monoisotopic (exact) mass is 511 g/mol. The van der Waals surface area contributed by atoms with Crippen LogP contribution in [-0.2, 0) is 4.79 Å². The van der Waals surface area contributed by atoms with Crippen molar-refractivity contribution in [1.29, 1.82) is 0 Å². The van der Waals surface area contributed by atoms with Crippen molar-refractivity contribution in [3.63, 3.8) is 0 Å². The van der Waals surface area contributed by atoms with E-state index >= 15 is 0 Å². The molecule has 1 amide bonds. The third-order valence-corrected chi connectivity index (χ3v) is 6.99. The molecule has 1 aliphatic rings. The van der Waals surface area contributed by atoms with E-state index in [2.05, 4.69) is 32.2 Å². The molecule has 0 spiro atoms. The van der Waals surface area contributed by atoms with Crippen LogP contribution in [0.4, 0.5) is 0 Å². The maximum atomic E-state index is 12.4. The van der Waals surface area contributed by atoms with E-state index in [-0.39, 0.29) is 11.7 Å². The van der Waals surface area contributed by atoms with E-state index in [0.29, 0.717) is 17.7 Å². The predicted molar refractivity (Wildman–Crippen MR) is 141 cm³/mol. The molecule has 3 aromatic rings. The molecule has 9 heteroatoms. The third kappa shape index (κ3) is 7.08. The summed E-state index contributed by atoms with van der Waals surface area (Å²) in [7, 11) is 0. The van der Waals surface area contributed by atoms with E-state index in [4.69, 9.17) is 16.3 Å². The van der Waals surface area contributed by atoms with Gasteiger partial charge in [-0.2, -0.15) is 5.10 Å². The summed E-state index contributed by atoms with van der Waals surface area (Å²) in [6, 6.07) is 15.6. The molecular weight excluding hydrogens is 482 g/mol. The molecule has 0 radical (unpaired) electrons. The van der Waals surface area contributed by atoms with Crippen molar-refractivity contribution in [2.45, 2.75) is 56.6 Å². The lowest BCUT2D eigenvalue weighted by Crippen LogP contribution is -2.20. The lowest BCUT2D eigenvalue weighted by molar-refractivity contribution is -0.118. The Morgan fingerprint density at radius 2 is 1.89 bits per heavy atom. The summed E-state index contributed by atoms with van der Waals surface area (Å²) in [6.07, 6.45) is 8.39. The first-order valence-corrected chi connectivity index (χ1v) is 13.4. The van der Waals surface area contributed by atoms with Crippen LogP contribution in [0.1, 0.15) is 57.1 Å². The van der Waals surface area contributed by atoms with Gasteiger partial charge in [-0.05, 0) is 73.4 Å². The quantitative estimate of drug-likeness (QED) is 0.201. The van der Waals surface area contributed by atoms with Gasteiger partial charge in [-0.1, -0.05) is 49.5 Å². The molecule has 35 heavy (non-hydrogen) atoms. The summed E-state index contributed by atoms with van der Waals surface area (Å²) in [6.45, 7) is 2.76. The molecule has 1 aromatic heterocycles. The SMILES string of the molecule is CCCOc1ccc(/C=N\NC(=O)CSc2nnc(-c3ccc(Cl)cc3)n2C2CCCCC2)cc1. The Balaban J connectivity index is 1.38. The van der Waals surface area contributed by atoms with Crippen LogP contribution in [0.2, 0.25) is 5.02 Å². The maximum Gasteiger partial charge on any atom is 0.250 e. The van der Waals surface area contributed by atoms with E-state index in [9.17, 15) is 4.79 Å². The summed E-state index contributed by atoms with van der Waals surface area (Å²) in [4.78, 5) is 12.4. The smallest absolute Gasteiger partial charge is 0.250 e. The van der Waals surface area contributed by atoms with Gasteiger partial charge in [-0.3, -0.25) is 9.36 Å². The van der Waals surface area contributed by atoms with Crippen molar-refractivity contribution in [2.24, 2.45) is 5.10 Å². The number of hydrazone groups is 1. The third-order valence-electron chi connectivity index (χ3n) is 5.79. The number of nitrogens with zero attached hydrogens (tertiary/aromatic N) is 4. The summed E-state index contributed by atoms with van der Waals surface area (Å²) >= 11 is 7.46. The van der Waals surface area contributed by atoms with Crippen molar-refractivity contribution in [1.82, 2.24) is 20.2 Å². The first-order valence-electron chi connectivity index (χ1n) is 12.0. The normalized spacial score (nSPS) is 14.3. The number of amides is 1. The van der Waals surface area contributed by atoms with Crippen LogP contribution >= 0.6 is 23.4 Å². The zero-order chi connectivity index (χ0) is 24.5. The fourth-order valence-corrected chi connectivity index (χ4v) is 4.97. The number of thioether (sulfide) groups is 1. The molecule has 0 aliphatic heterocycles. The summed E-state index contributed by atoms with van der Waals surface area (Å²) in [5, 5.41) is 14.4.